The summed E-state index contributed by atoms with van der Waals surface area (Å²) in [6, 6.07) is 3.56. The topological polar surface area (TPSA) is 118 Å². The lowest BCUT2D eigenvalue weighted by molar-refractivity contribution is 0.475. The molecule has 0 saturated carbocycles. The highest BCUT2D eigenvalue weighted by Crippen LogP contribution is 2.25. The molecule has 0 saturated heterocycles. The summed E-state index contributed by atoms with van der Waals surface area (Å²) in [6.45, 7) is 0. The molecular formula is C7H9N3O3S2. The van der Waals surface area contributed by atoms with E-state index in [1.165, 1.54) is 12.1 Å². The summed E-state index contributed by atoms with van der Waals surface area (Å²) in [6.07, 6.45) is 0. The fourth-order valence-electron chi connectivity index (χ4n) is 0.927. The number of primary sulfonamides is 1. The molecule has 0 aromatic heterocycles. The molecule has 1 rings (SSSR count). The van der Waals surface area contributed by atoms with E-state index in [0.29, 0.717) is 0 Å². The van der Waals surface area contributed by atoms with E-state index in [9.17, 15) is 13.5 Å². The smallest absolute Gasteiger partial charge is 0.238 e. The van der Waals surface area contributed by atoms with Crippen molar-refractivity contribution in [1.82, 2.24) is 0 Å². The van der Waals surface area contributed by atoms with Gasteiger partial charge in [-0.25, -0.2) is 13.6 Å². The summed E-state index contributed by atoms with van der Waals surface area (Å²) in [4.78, 5) is -0.187. The Morgan fingerprint density at radius 1 is 1.47 bits per heavy atom. The average molecular weight is 247 g/mol. The molecular weight excluding hydrogens is 238 g/mol. The lowest BCUT2D eigenvalue weighted by Gasteiger charge is -2.07. The first kappa shape index (κ1) is 11.7. The molecule has 0 bridgehead atoms. The number of phenolic OH excluding ortho intramolecular Hbond substituents is 1. The van der Waals surface area contributed by atoms with Gasteiger partial charge in [0, 0.05) is 6.07 Å². The molecule has 82 valence electrons. The molecule has 0 aliphatic rings. The van der Waals surface area contributed by atoms with Crippen LogP contribution in [0, 0.1) is 0 Å². The zero-order valence-electron chi connectivity index (χ0n) is 7.47. The molecule has 6 N–H and O–H groups in total. The molecule has 8 heteroatoms. The van der Waals surface area contributed by atoms with Crippen molar-refractivity contribution in [3.05, 3.63) is 18.2 Å². The van der Waals surface area contributed by atoms with Crippen molar-refractivity contribution in [3.8, 4) is 5.75 Å². The standard InChI is InChI=1S/C7H9N3O3S2/c8-7(14)10-5-2-1-4(3-6(5)11)15(9,12)13/h1-3,11H,(H3,8,10,14)(H2,9,12,13). The third-order valence-electron chi connectivity index (χ3n) is 1.56. The second-order valence-corrected chi connectivity index (χ2v) is 4.71. The fraction of sp³-hybridized carbons (Fsp3) is 0. The van der Waals surface area contributed by atoms with Crippen LogP contribution in [0.3, 0.4) is 0 Å². The minimum absolute atomic E-state index is 0.0337. The van der Waals surface area contributed by atoms with Crippen LogP contribution in [0.25, 0.3) is 0 Å². The van der Waals surface area contributed by atoms with Gasteiger partial charge in [-0.05, 0) is 24.4 Å². The second-order valence-electron chi connectivity index (χ2n) is 2.71. The summed E-state index contributed by atoms with van der Waals surface area (Å²) in [5.41, 5.74) is 5.40. The summed E-state index contributed by atoms with van der Waals surface area (Å²) < 4.78 is 21.8. The van der Waals surface area contributed by atoms with Crippen molar-refractivity contribution in [3.63, 3.8) is 0 Å². The highest BCUT2D eigenvalue weighted by Gasteiger charge is 2.10. The van der Waals surface area contributed by atoms with Crippen molar-refractivity contribution >= 4 is 33.0 Å². The summed E-state index contributed by atoms with van der Waals surface area (Å²) in [7, 11) is -3.82. The summed E-state index contributed by atoms with van der Waals surface area (Å²) >= 11 is 4.56. The third kappa shape index (κ3) is 3.05. The van der Waals surface area contributed by atoms with Crippen LogP contribution in [0.5, 0.6) is 5.75 Å². The Kier molecular flexibility index (Phi) is 3.12. The van der Waals surface area contributed by atoms with Gasteiger partial charge in [0.25, 0.3) is 0 Å². The third-order valence-corrected chi connectivity index (χ3v) is 2.57. The molecule has 1 aromatic rings. The molecule has 0 atom stereocenters. The molecule has 0 spiro atoms. The molecule has 0 heterocycles. The van der Waals surface area contributed by atoms with Gasteiger partial charge in [-0.2, -0.15) is 0 Å². The van der Waals surface area contributed by atoms with Crippen molar-refractivity contribution < 1.29 is 13.5 Å². The van der Waals surface area contributed by atoms with Crippen molar-refractivity contribution in [1.29, 1.82) is 0 Å². The monoisotopic (exact) mass is 247 g/mol. The number of benzene rings is 1. The molecule has 0 fully saturated rings. The van der Waals surface area contributed by atoms with Crippen LogP contribution in [0.1, 0.15) is 0 Å². The maximum atomic E-state index is 10.9. The van der Waals surface area contributed by atoms with Gasteiger partial charge in [0.2, 0.25) is 10.0 Å². The fourth-order valence-corrected chi connectivity index (χ4v) is 1.57. The molecule has 0 amide bonds. The SMILES string of the molecule is NC(=S)Nc1ccc(S(N)(=O)=O)cc1O. The number of anilines is 1. The van der Waals surface area contributed by atoms with Crippen LogP contribution in [-0.4, -0.2) is 18.6 Å². The van der Waals surface area contributed by atoms with Crippen LogP contribution in [0.4, 0.5) is 5.69 Å². The largest absolute Gasteiger partial charge is 0.506 e. The van der Waals surface area contributed by atoms with Gasteiger partial charge in [-0.3, -0.25) is 0 Å². The molecule has 15 heavy (non-hydrogen) atoms. The maximum Gasteiger partial charge on any atom is 0.238 e. The number of phenols is 1. The van der Waals surface area contributed by atoms with E-state index in [-0.39, 0.29) is 21.4 Å². The highest BCUT2D eigenvalue weighted by atomic mass is 32.2. The summed E-state index contributed by atoms with van der Waals surface area (Å²) in [5.74, 6) is -0.297. The van der Waals surface area contributed by atoms with E-state index in [4.69, 9.17) is 10.9 Å². The number of thiocarbonyl (C=S) groups is 1. The van der Waals surface area contributed by atoms with Gasteiger partial charge in [0.05, 0.1) is 10.6 Å². The van der Waals surface area contributed by atoms with Crippen LogP contribution >= 0.6 is 12.2 Å². The van der Waals surface area contributed by atoms with Crippen molar-refractivity contribution in [2.75, 3.05) is 5.32 Å². The Morgan fingerprint density at radius 2 is 2.07 bits per heavy atom. The van der Waals surface area contributed by atoms with E-state index in [0.717, 1.165) is 6.07 Å². The molecule has 0 aliphatic carbocycles. The van der Waals surface area contributed by atoms with E-state index < -0.39 is 10.0 Å². The first-order valence-corrected chi connectivity index (χ1v) is 5.68. The minimum atomic E-state index is -3.82. The van der Waals surface area contributed by atoms with Crippen LogP contribution in [0.2, 0.25) is 0 Å². The molecule has 0 aliphatic heterocycles. The van der Waals surface area contributed by atoms with Crippen LogP contribution in [-0.2, 0) is 10.0 Å². The minimum Gasteiger partial charge on any atom is -0.506 e. The number of sulfonamides is 1. The van der Waals surface area contributed by atoms with Gasteiger partial charge >= 0.3 is 0 Å². The predicted molar refractivity (Wildman–Crippen MR) is 59.9 cm³/mol. The van der Waals surface area contributed by atoms with Gasteiger partial charge in [-0.15, -0.1) is 0 Å². The Bertz CT molecular complexity index is 498. The number of aromatic hydroxyl groups is 1. The van der Waals surface area contributed by atoms with Gasteiger partial charge in [0.15, 0.2) is 5.11 Å². The zero-order chi connectivity index (χ0) is 11.6. The van der Waals surface area contributed by atoms with E-state index in [2.05, 4.69) is 17.5 Å². The molecule has 1 aromatic carbocycles. The zero-order valence-corrected chi connectivity index (χ0v) is 9.10. The Morgan fingerprint density at radius 3 is 2.47 bits per heavy atom. The second kappa shape index (κ2) is 4.01. The van der Waals surface area contributed by atoms with Crippen molar-refractivity contribution in [2.45, 2.75) is 4.90 Å². The maximum absolute atomic E-state index is 10.9. The van der Waals surface area contributed by atoms with E-state index in [1.54, 1.807) is 0 Å². The predicted octanol–water partition coefficient (Wildman–Crippen LogP) is -0.305. The van der Waals surface area contributed by atoms with E-state index in [1.807, 2.05) is 0 Å². The number of nitrogens with two attached hydrogens (primary N) is 2. The number of hydrogen-bond acceptors (Lipinski definition) is 4. The van der Waals surface area contributed by atoms with Gasteiger partial charge in [-0.1, -0.05) is 0 Å². The Hall–Kier alpha value is -1.38. The Labute approximate surface area is 91.9 Å². The van der Waals surface area contributed by atoms with E-state index >= 15 is 0 Å². The molecule has 0 radical (unpaired) electrons. The van der Waals surface area contributed by atoms with Gasteiger partial charge < -0.3 is 16.2 Å². The normalized spacial score (nSPS) is 11.0. The lowest BCUT2D eigenvalue weighted by atomic mass is 10.3. The molecule has 0 unspecified atom stereocenters. The van der Waals surface area contributed by atoms with Crippen LogP contribution < -0.4 is 16.2 Å². The Balaban J connectivity index is 3.15. The quantitative estimate of drug-likeness (QED) is 0.420. The summed E-state index contributed by atoms with van der Waals surface area (Å²) in [5, 5.41) is 16.7. The van der Waals surface area contributed by atoms with Gasteiger partial charge in [0.1, 0.15) is 5.75 Å². The first-order chi connectivity index (χ1) is 6.80. The first-order valence-electron chi connectivity index (χ1n) is 3.73. The number of rotatable bonds is 2. The number of nitrogens with one attached hydrogen (secondary N) is 1. The average Bonchev–Trinajstić information content (AvgIpc) is 2.05. The highest BCUT2D eigenvalue weighted by molar-refractivity contribution is 7.89. The lowest BCUT2D eigenvalue weighted by Crippen LogP contribution is -2.19. The van der Waals surface area contributed by atoms with Crippen LogP contribution in [0.15, 0.2) is 23.1 Å². The molecule has 6 nitrogen and oxygen atoms in total. The number of hydrogen-bond donors (Lipinski definition) is 4. The van der Waals surface area contributed by atoms with Crippen molar-refractivity contribution in [2.24, 2.45) is 10.9 Å².